The molecule has 3 aromatic rings. The zero-order chi connectivity index (χ0) is 22.0. The number of benzene rings is 2. The largest absolute Gasteiger partial charge is 0.496 e. The molecule has 0 spiro atoms. The van der Waals surface area contributed by atoms with Crippen molar-refractivity contribution in [1.29, 1.82) is 0 Å². The number of methoxy groups -OCH3 is 1. The Kier molecular flexibility index (Phi) is 5.73. The number of aryl methyl sites for hydroxylation is 1. The third-order valence-corrected chi connectivity index (χ3v) is 5.30. The topological polar surface area (TPSA) is 93.9 Å². The number of aromatic nitrogens is 1. The van der Waals surface area contributed by atoms with Gasteiger partial charge in [-0.05, 0) is 24.6 Å². The van der Waals surface area contributed by atoms with Crippen LogP contribution in [0.25, 0.3) is 11.3 Å². The molecule has 0 aliphatic carbocycles. The highest BCUT2D eigenvalue weighted by Gasteiger charge is 2.40. The minimum absolute atomic E-state index is 0.167. The summed E-state index contributed by atoms with van der Waals surface area (Å²) in [6.45, 7) is 1.81. The summed E-state index contributed by atoms with van der Waals surface area (Å²) in [6, 6.07) is 16.1. The van der Waals surface area contributed by atoms with E-state index in [1.165, 1.54) is 0 Å². The molecule has 1 saturated heterocycles. The van der Waals surface area contributed by atoms with Crippen molar-refractivity contribution in [3.05, 3.63) is 65.7 Å². The van der Waals surface area contributed by atoms with Crippen molar-refractivity contribution in [2.24, 2.45) is 0 Å². The molecule has 160 valence electrons. The summed E-state index contributed by atoms with van der Waals surface area (Å²) in [4.78, 5) is 26.8. The van der Waals surface area contributed by atoms with Gasteiger partial charge in [0.2, 0.25) is 11.8 Å². The van der Waals surface area contributed by atoms with Crippen LogP contribution in [0.15, 0.2) is 59.1 Å². The van der Waals surface area contributed by atoms with E-state index < -0.39 is 18.1 Å². The first kappa shape index (κ1) is 20.6. The number of para-hydroxylation sites is 1. The summed E-state index contributed by atoms with van der Waals surface area (Å²) < 4.78 is 16.3. The van der Waals surface area contributed by atoms with E-state index in [2.05, 4.69) is 10.5 Å². The SMILES string of the molecule is COc1ccccc1-c1cc(NC(=O)C2OCC(=O)N(C)C2c2ccc(C)cc2)on1. The Morgan fingerprint density at radius 1 is 1.19 bits per heavy atom. The Labute approximate surface area is 179 Å². The zero-order valence-electron chi connectivity index (χ0n) is 17.5. The number of carbonyl (C=O) groups is 2. The first-order valence-corrected chi connectivity index (χ1v) is 9.82. The van der Waals surface area contributed by atoms with Crippen LogP contribution in [-0.2, 0) is 14.3 Å². The number of morpholine rings is 1. The van der Waals surface area contributed by atoms with Crippen LogP contribution in [0.2, 0.25) is 0 Å². The van der Waals surface area contributed by atoms with Gasteiger partial charge in [-0.1, -0.05) is 47.1 Å². The highest BCUT2D eigenvalue weighted by atomic mass is 16.5. The number of hydrogen-bond donors (Lipinski definition) is 1. The van der Waals surface area contributed by atoms with Gasteiger partial charge in [0.25, 0.3) is 5.91 Å². The first-order valence-electron chi connectivity index (χ1n) is 9.82. The van der Waals surface area contributed by atoms with E-state index in [-0.39, 0.29) is 18.4 Å². The predicted molar refractivity (Wildman–Crippen MR) is 114 cm³/mol. The molecular weight excluding hydrogens is 398 g/mol. The number of hydrogen-bond acceptors (Lipinski definition) is 6. The molecule has 1 N–H and O–H groups in total. The molecule has 0 radical (unpaired) electrons. The van der Waals surface area contributed by atoms with E-state index in [9.17, 15) is 9.59 Å². The second-order valence-corrected chi connectivity index (χ2v) is 7.36. The Bertz CT molecular complexity index is 1090. The number of nitrogens with zero attached hydrogens (tertiary/aromatic N) is 2. The van der Waals surface area contributed by atoms with E-state index in [1.807, 2.05) is 55.5 Å². The van der Waals surface area contributed by atoms with E-state index in [1.54, 1.807) is 25.1 Å². The Morgan fingerprint density at radius 3 is 2.68 bits per heavy atom. The lowest BCUT2D eigenvalue weighted by atomic mass is 9.97. The van der Waals surface area contributed by atoms with Gasteiger partial charge in [0.1, 0.15) is 18.1 Å². The predicted octanol–water partition coefficient (Wildman–Crippen LogP) is 3.20. The smallest absolute Gasteiger partial charge is 0.258 e. The Balaban J connectivity index is 1.56. The third-order valence-electron chi connectivity index (χ3n) is 5.30. The number of anilines is 1. The molecule has 8 heteroatoms. The van der Waals surface area contributed by atoms with Gasteiger partial charge < -0.3 is 18.9 Å². The van der Waals surface area contributed by atoms with Crippen LogP contribution in [0.3, 0.4) is 0 Å². The molecule has 8 nitrogen and oxygen atoms in total. The Morgan fingerprint density at radius 2 is 1.94 bits per heavy atom. The van der Waals surface area contributed by atoms with Crippen molar-refractivity contribution in [3.8, 4) is 17.0 Å². The number of rotatable bonds is 5. The maximum Gasteiger partial charge on any atom is 0.258 e. The average molecular weight is 421 g/mol. The molecule has 1 aromatic heterocycles. The van der Waals surface area contributed by atoms with Crippen molar-refractivity contribution >= 4 is 17.7 Å². The highest BCUT2D eigenvalue weighted by Crippen LogP contribution is 2.32. The lowest BCUT2D eigenvalue weighted by molar-refractivity contribution is -0.160. The maximum absolute atomic E-state index is 13.1. The lowest BCUT2D eigenvalue weighted by Crippen LogP contribution is -2.51. The van der Waals surface area contributed by atoms with Crippen molar-refractivity contribution in [1.82, 2.24) is 10.1 Å². The summed E-state index contributed by atoms with van der Waals surface area (Å²) in [7, 11) is 3.24. The normalized spacial score (nSPS) is 18.7. The number of nitrogens with one attached hydrogen (secondary N) is 1. The molecule has 4 rings (SSSR count). The molecule has 1 fully saturated rings. The number of amides is 2. The molecule has 2 atom stereocenters. The fourth-order valence-electron chi connectivity index (χ4n) is 3.60. The molecule has 31 heavy (non-hydrogen) atoms. The van der Waals surface area contributed by atoms with Crippen LogP contribution in [0.1, 0.15) is 17.2 Å². The van der Waals surface area contributed by atoms with Gasteiger partial charge in [-0.3, -0.25) is 14.9 Å². The van der Waals surface area contributed by atoms with Crippen molar-refractivity contribution in [3.63, 3.8) is 0 Å². The molecule has 2 unspecified atom stereocenters. The van der Waals surface area contributed by atoms with E-state index in [0.717, 1.165) is 16.7 Å². The fraction of sp³-hybridized carbons (Fsp3) is 0.261. The quantitative estimate of drug-likeness (QED) is 0.680. The molecule has 1 aliphatic rings. The number of ether oxygens (including phenoxy) is 2. The molecular formula is C23H23N3O5. The van der Waals surface area contributed by atoms with Crippen molar-refractivity contribution in [2.75, 3.05) is 26.1 Å². The van der Waals surface area contributed by atoms with Gasteiger partial charge in [-0.25, -0.2) is 0 Å². The first-order chi connectivity index (χ1) is 15.0. The fourth-order valence-corrected chi connectivity index (χ4v) is 3.60. The van der Waals surface area contributed by atoms with Gasteiger partial charge >= 0.3 is 0 Å². The highest BCUT2D eigenvalue weighted by molar-refractivity contribution is 5.95. The summed E-state index contributed by atoms with van der Waals surface area (Å²) in [5.41, 5.74) is 3.17. The van der Waals surface area contributed by atoms with Crippen molar-refractivity contribution < 1.29 is 23.6 Å². The number of likely N-dealkylation sites (N-methyl/N-ethyl adjacent to an activating group) is 1. The van der Waals surface area contributed by atoms with Crippen LogP contribution >= 0.6 is 0 Å². The average Bonchev–Trinajstić information content (AvgIpc) is 3.24. The minimum Gasteiger partial charge on any atom is -0.496 e. The minimum atomic E-state index is -0.898. The van der Waals surface area contributed by atoms with E-state index in [0.29, 0.717) is 11.4 Å². The van der Waals surface area contributed by atoms with Crippen LogP contribution in [0.4, 0.5) is 5.88 Å². The Hall–Kier alpha value is -3.65. The van der Waals surface area contributed by atoms with Gasteiger partial charge in [0.05, 0.1) is 13.2 Å². The summed E-state index contributed by atoms with van der Waals surface area (Å²) in [5.74, 6) is 0.209. The maximum atomic E-state index is 13.1. The third kappa shape index (κ3) is 4.15. The molecule has 0 saturated carbocycles. The van der Waals surface area contributed by atoms with Crippen LogP contribution in [0.5, 0.6) is 5.75 Å². The van der Waals surface area contributed by atoms with Crippen LogP contribution in [0, 0.1) is 6.92 Å². The lowest BCUT2D eigenvalue weighted by Gasteiger charge is -2.38. The van der Waals surface area contributed by atoms with E-state index >= 15 is 0 Å². The second-order valence-electron chi connectivity index (χ2n) is 7.36. The van der Waals surface area contributed by atoms with Gasteiger partial charge in [-0.15, -0.1) is 0 Å². The standard InChI is InChI=1S/C23H23N3O5/c1-14-8-10-15(11-9-14)21-22(30-13-20(27)26(21)2)23(28)24-19-12-17(25-31-19)16-6-4-5-7-18(16)29-3/h4-12,21-22H,13H2,1-3H3,(H,24,28). The molecule has 0 bridgehead atoms. The monoisotopic (exact) mass is 421 g/mol. The zero-order valence-corrected chi connectivity index (χ0v) is 17.5. The van der Waals surface area contributed by atoms with Gasteiger partial charge in [0, 0.05) is 18.7 Å². The summed E-state index contributed by atoms with van der Waals surface area (Å²) in [6.07, 6.45) is -0.898. The molecule has 2 amide bonds. The number of carbonyl (C=O) groups excluding carboxylic acids is 2. The van der Waals surface area contributed by atoms with E-state index in [4.69, 9.17) is 14.0 Å². The summed E-state index contributed by atoms with van der Waals surface area (Å²) in [5, 5.41) is 6.75. The van der Waals surface area contributed by atoms with Crippen LogP contribution < -0.4 is 10.1 Å². The molecule has 1 aliphatic heterocycles. The molecule has 2 aromatic carbocycles. The second kappa shape index (κ2) is 8.61. The van der Waals surface area contributed by atoms with Crippen molar-refractivity contribution in [2.45, 2.75) is 19.1 Å². The van der Waals surface area contributed by atoms with Crippen LogP contribution in [-0.4, -0.2) is 48.7 Å². The van der Waals surface area contributed by atoms with Gasteiger partial charge in [0.15, 0.2) is 6.10 Å². The van der Waals surface area contributed by atoms with Gasteiger partial charge in [-0.2, -0.15) is 0 Å². The molecule has 2 heterocycles. The summed E-state index contributed by atoms with van der Waals surface area (Å²) >= 11 is 0.